The van der Waals surface area contributed by atoms with E-state index in [1.807, 2.05) is 13.8 Å². The minimum atomic E-state index is -0.723. The zero-order valence-electron chi connectivity index (χ0n) is 12.7. The van der Waals surface area contributed by atoms with E-state index in [1.165, 1.54) is 11.0 Å². The molecule has 0 aliphatic carbocycles. The number of rotatable bonds is 6. The molecule has 1 atom stereocenters. The lowest BCUT2D eigenvalue weighted by atomic mass is 10.1. The van der Waals surface area contributed by atoms with Crippen LogP contribution in [0.4, 0.5) is 4.39 Å². The molecule has 1 unspecified atom stereocenters. The summed E-state index contributed by atoms with van der Waals surface area (Å²) in [7, 11) is 3.29. The van der Waals surface area contributed by atoms with Crippen LogP contribution in [0.15, 0.2) is 18.2 Å². The zero-order valence-corrected chi connectivity index (χ0v) is 12.7. The van der Waals surface area contributed by atoms with E-state index in [1.54, 1.807) is 33.2 Å². The fourth-order valence-corrected chi connectivity index (χ4v) is 1.73. The number of carbonyl (C=O) groups is 1. The molecule has 0 saturated heterocycles. The Kier molecular flexibility index (Phi) is 5.95. The van der Waals surface area contributed by atoms with Gasteiger partial charge in [0, 0.05) is 32.2 Å². The van der Waals surface area contributed by atoms with E-state index in [0.717, 1.165) is 0 Å². The Morgan fingerprint density at radius 1 is 1.35 bits per heavy atom. The SMILES string of the molecule is CC(C)NCc1cccc(F)c1OC(C)C(=O)N(C)C. The molecule has 0 fully saturated rings. The van der Waals surface area contributed by atoms with Crippen LogP contribution in [0.1, 0.15) is 26.3 Å². The summed E-state index contributed by atoms with van der Waals surface area (Å²) < 4.78 is 19.4. The summed E-state index contributed by atoms with van der Waals surface area (Å²) in [6.07, 6.45) is -0.723. The Morgan fingerprint density at radius 3 is 2.55 bits per heavy atom. The van der Waals surface area contributed by atoms with Gasteiger partial charge in [0.25, 0.3) is 5.91 Å². The van der Waals surface area contributed by atoms with E-state index in [-0.39, 0.29) is 17.7 Å². The van der Waals surface area contributed by atoms with Crippen molar-refractivity contribution in [2.24, 2.45) is 0 Å². The van der Waals surface area contributed by atoms with Gasteiger partial charge >= 0.3 is 0 Å². The summed E-state index contributed by atoms with van der Waals surface area (Å²) in [5.41, 5.74) is 0.706. The largest absolute Gasteiger partial charge is 0.477 e. The smallest absolute Gasteiger partial charge is 0.262 e. The average Bonchev–Trinajstić information content (AvgIpc) is 2.38. The van der Waals surface area contributed by atoms with E-state index >= 15 is 0 Å². The van der Waals surface area contributed by atoms with Crippen LogP contribution in [0.2, 0.25) is 0 Å². The monoisotopic (exact) mass is 282 g/mol. The van der Waals surface area contributed by atoms with Gasteiger partial charge in [0.1, 0.15) is 0 Å². The summed E-state index contributed by atoms with van der Waals surface area (Å²) in [6.45, 7) is 6.14. The van der Waals surface area contributed by atoms with E-state index in [0.29, 0.717) is 12.1 Å². The fraction of sp³-hybridized carbons (Fsp3) is 0.533. The third-order valence-electron chi connectivity index (χ3n) is 2.83. The summed E-state index contributed by atoms with van der Waals surface area (Å²) >= 11 is 0. The Morgan fingerprint density at radius 2 is 2.00 bits per heavy atom. The zero-order chi connectivity index (χ0) is 15.3. The summed E-state index contributed by atoms with van der Waals surface area (Å²) in [5, 5.41) is 3.21. The van der Waals surface area contributed by atoms with Crippen molar-refractivity contribution in [3.63, 3.8) is 0 Å². The second-order valence-electron chi connectivity index (χ2n) is 5.26. The van der Waals surface area contributed by atoms with Crippen molar-refractivity contribution in [2.45, 2.75) is 39.5 Å². The molecule has 1 aromatic carbocycles. The molecule has 4 nitrogen and oxygen atoms in total. The van der Waals surface area contributed by atoms with Gasteiger partial charge in [0.05, 0.1) is 0 Å². The summed E-state index contributed by atoms with van der Waals surface area (Å²) in [6, 6.07) is 5.05. The predicted molar refractivity (Wildman–Crippen MR) is 77.2 cm³/mol. The molecule has 0 aliphatic rings. The molecule has 0 radical (unpaired) electrons. The Balaban J connectivity index is 2.90. The predicted octanol–water partition coefficient (Wildman–Crippen LogP) is 2.18. The standard InChI is InChI=1S/C15H23FN2O2/c1-10(2)17-9-12-7-6-8-13(16)14(12)20-11(3)15(19)18(4)5/h6-8,10-11,17H,9H2,1-5H3. The highest BCUT2D eigenvalue weighted by atomic mass is 19.1. The quantitative estimate of drug-likeness (QED) is 0.869. The van der Waals surface area contributed by atoms with Gasteiger partial charge in [0.2, 0.25) is 0 Å². The van der Waals surface area contributed by atoms with Crippen molar-refractivity contribution < 1.29 is 13.9 Å². The topological polar surface area (TPSA) is 41.6 Å². The maximum atomic E-state index is 13.9. The van der Waals surface area contributed by atoms with Crippen molar-refractivity contribution in [1.29, 1.82) is 0 Å². The van der Waals surface area contributed by atoms with Gasteiger partial charge in [-0.3, -0.25) is 4.79 Å². The van der Waals surface area contributed by atoms with Crippen LogP contribution < -0.4 is 10.1 Å². The normalized spacial score (nSPS) is 12.3. The van der Waals surface area contributed by atoms with Gasteiger partial charge in [0.15, 0.2) is 17.7 Å². The van der Waals surface area contributed by atoms with E-state index in [4.69, 9.17) is 4.74 Å². The fourth-order valence-electron chi connectivity index (χ4n) is 1.73. The highest BCUT2D eigenvalue weighted by Crippen LogP contribution is 2.24. The number of amides is 1. The van der Waals surface area contributed by atoms with Gasteiger partial charge in [-0.05, 0) is 13.0 Å². The first-order valence-corrected chi connectivity index (χ1v) is 6.71. The summed E-state index contributed by atoms with van der Waals surface area (Å²) in [5.74, 6) is -0.508. The minimum absolute atomic E-state index is 0.142. The lowest BCUT2D eigenvalue weighted by Gasteiger charge is -2.21. The highest BCUT2D eigenvalue weighted by Gasteiger charge is 2.20. The van der Waals surface area contributed by atoms with Crippen molar-refractivity contribution >= 4 is 5.91 Å². The molecule has 1 amide bonds. The maximum absolute atomic E-state index is 13.9. The number of nitrogens with zero attached hydrogens (tertiary/aromatic N) is 1. The number of carbonyl (C=O) groups excluding carboxylic acids is 1. The van der Waals surface area contributed by atoms with Gasteiger partial charge < -0.3 is 15.0 Å². The van der Waals surface area contributed by atoms with E-state index < -0.39 is 11.9 Å². The molecular formula is C15H23FN2O2. The van der Waals surface area contributed by atoms with Crippen molar-refractivity contribution in [3.05, 3.63) is 29.6 Å². The molecule has 1 aromatic rings. The molecule has 0 spiro atoms. The highest BCUT2D eigenvalue weighted by molar-refractivity contribution is 5.80. The first-order valence-electron chi connectivity index (χ1n) is 6.71. The van der Waals surface area contributed by atoms with E-state index in [2.05, 4.69) is 5.32 Å². The lowest BCUT2D eigenvalue weighted by Crippen LogP contribution is -2.35. The molecule has 112 valence electrons. The molecule has 1 N–H and O–H groups in total. The number of benzene rings is 1. The second-order valence-corrected chi connectivity index (χ2v) is 5.26. The van der Waals surface area contributed by atoms with E-state index in [9.17, 15) is 9.18 Å². The van der Waals surface area contributed by atoms with Crippen LogP contribution >= 0.6 is 0 Å². The molecule has 0 saturated carbocycles. The van der Waals surface area contributed by atoms with Crippen LogP contribution in [0.5, 0.6) is 5.75 Å². The van der Waals surface area contributed by atoms with Crippen molar-refractivity contribution in [1.82, 2.24) is 10.2 Å². The molecule has 0 aliphatic heterocycles. The number of para-hydroxylation sites is 1. The minimum Gasteiger partial charge on any atom is -0.477 e. The third-order valence-corrected chi connectivity index (χ3v) is 2.83. The Labute approximate surface area is 119 Å². The molecule has 20 heavy (non-hydrogen) atoms. The third kappa shape index (κ3) is 4.49. The molecule has 0 aromatic heterocycles. The second kappa shape index (κ2) is 7.24. The number of ether oxygens (including phenoxy) is 1. The molecule has 0 bridgehead atoms. The first-order chi connectivity index (χ1) is 9.32. The van der Waals surface area contributed by atoms with Gasteiger partial charge in [-0.25, -0.2) is 4.39 Å². The number of halogens is 1. The molecule has 0 heterocycles. The van der Waals surface area contributed by atoms with Crippen LogP contribution in [0.3, 0.4) is 0 Å². The lowest BCUT2D eigenvalue weighted by molar-refractivity contribution is -0.135. The number of likely N-dealkylation sites (N-methyl/N-ethyl adjacent to an activating group) is 1. The Hall–Kier alpha value is -1.62. The van der Waals surface area contributed by atoms with Crippen LogP contribution in [0.25, 0.3) is 0 Å². The molecule has 5 heteroatoms. The van der Waals surface area contributed by atoms with Gasteiger partial charge in [-0.1, -0.05) is 26.0 Å². The van der Waals surface area contributed by atoms with Crippen LogP contribution in [0, 0.1) is 5.82 Å². The average molecular weight is 282 g/mol. The molecule has 1 rings (SSSR count). The Bertz CT molecular complexity index is 461. The van der Waals surface area contributed by atoms with Crippen LogP contribution in [-0.4, -0.2) is 37.0 Å². The molecular weight excluding hydrogens is 259 g/mol. The number of hydrogen-bond donors (Lipinski definition) is 1. The number of hydrogen-bond acceptors (Lipinski definition) is 3. The van der Waals surface area contributed by atoms with Gasteiger partial charge in [-0.15, -0.1) is 0 Å². The van der Waals surface area contributed by atoms with Crippen LogP contribution in [-0.2, 0) is 11.3 Å². The van der Waals surface area contributed by atoms with Gasteiger partial charge in [-0.2, -0.15) is 0 Å². The maximum Gasteiger partial charge on any atom is 0.262 e. The van der Waals surface area contributed by atoms with Crippen molar-refractivity contribution in [3.8, 4) is 5.75 Å². The summed E-state index contributed by atoms with van der Waals surface area (Å²) in [4.78, 5) is 13.2. The van der Waals surface area contributed by atoms with Crippen molar-refractivity contribution in [2.75, 3.05) is 14.1 Å². The number of nitrogens with one attached hydrogen (secondary N) is 1. The first kappa shape index (κ1) is 16.4.